The number of benzene rings is 1. The van der Waals surface area contributed by atoms with Crippen LogP contribution in [-0.2, 0) is 4.79 Å². The van der Waals surface area contributed by atoms with Crippen LogP contribution >= 0.6 is 22.9 Å². The molecule has 5 nitrogen and oxygen atoms in total. The van der Waals surface area contributed by atoms with Crippen LogP contribution in [0.5, 0.6) is 0 Å². The van der Waals surface area contributed by atoms with Crippen LogP contribution in [0.3, 0.4) is 0 Å². The maximum atomic E-state index is 12.5. The highest BCUT2D eigenvalue weighted by Crippen LogP contribution is 2.31. The molecule has 0 saturated carbocycles. The molecule has 1 N–H and O–H groups in total. The lowest BCUT2D eigenvalue weighted by atomic mass is 10.0. The number of piperidine rings is 1. The van der Waals surface area contributed by atoms with E-state index < -0.39 is 0 Å². The Balaban J connectivity index is 1.56. The summed E-state index contributed by atoms with van der Waals surface area (Å²) < 4.78 is 0.759. The van der Waals surface area contributed by atoms with Gasteiger partial charge in [0.25, 0.3) is 0 Å². The summed E-state index contributed by atoms with van der Waals surface area (Å²) in [7, 11) is 1.81. The third-order valence-corrected chi connectivity index (χ3v) is 6.05. The van der Waals surface area contributed by atoms with Gasteiger partial charge in [-0.25, -0.2) is 4.79 Å². The predicted octanol–water partition coefficient (Wildman–Crippen LogP) is 4.54. The average molecular weight is 392 g/mol. The van der Waals surface area contributed by atoms with E-state index in [0.717, 1.165) is 33.3 Å². The van der Waals surface area contributed by atoms with Gasteiger partial charge in [0.2, 0.25) is 5.91 Å². The fourth-order valence-electron chi connectivity index (χ4n) is 3.13. The van der Waals surface area contributed by atoms with Crippen LogP contribution in [0.2, 0.25) is 4.34 Å². The lowest BCUT2D eigenvalue weighted by molar-refractivity contribution is -0.130. The number of urea groups is 1. The summed E-state index contributed by atoms with van der Waals surface area (Å²) in [6.07, 6.45) is 1.61. The number of thiophene rings is 1. The average Bonchev–Trinajstić information content (AvgIpc) is 3.08. The molecule has 1 fully saturated rings. The summed E-state index contributed by atoms with van der Waals surface area (Å²) in [5.74, 6) is 0.0997. The Kier molecular flexibility index (Phi) is 5.84. The maximum Gasteiger partial charge on any atom is 0.321 e. The molecule has 0 atom stereocenters. The van der Waals surface area contributed by atoms with Crippen molar-refractivity contribution in [1.82, 2.24) is 9.80 Å². The lowest BCUT2D eigenvalue weighted by Crippen LogP contribution is -2.47. The molecule has 0 radical (unpaired) electrons. The number of halogens is 1. The molecular weight excluding hydrogens is 370 g/mol. The first kappa shape index (κ1) is 18.7. The van der Waals surface area contributed by atoms with Gasteiger partial charge in [-0.15, -0.1) is 11.3 Å². The minimum absolute atomic E-state index is 0.0997. The van der Waals surface area contributed by atoms with Gasteiger partial charge in [-0.3, -0.25) is 4.79 Å². The molecule has 0 unspecified atom stereocenters. The van der Waals surface area contributed by atoms with Crippen molar-refractivity contribution in [3.8, 4) is 10.4 Å². The van der Waals surface area contributed by atoms with E-state index in [1.54, 1.807) is 11.8 Å². The molecule has 2 heterocycles. The first-order chi connectivity index (χ1) is 12.4. The smallest absolute Gasteiger partial charge is 0.321 e. The second-order valence-electron chi connectivity index (χ2n) is 6.46. The third kappa shape index (κ3) is 4.37. The van der Waals surface area contributed by atoms with Gasteiger partial charge in [-0.1, -0.05) is 23.7 Å². The van der Waals surface area contributed by atoms with Crippen LogP contribution in [-0.4, -0.2) is 47.9 Å². The molecule has 1 aromatic heterocycles. The molecule has 0 aliphatic carbocycles. The molecule has 138 valence electrons. The molecule has 0 bridgehead atoms. The van der Waals surface area contributed by atoms with E-state index >= 15 is 0 Å². The largest absolute Gasteiger partial charge is 0.343 e. The van der Waals surface area contributed by atoms with Crippen molar-refractivity contribution in [2.45, 2.75) is 25.8 Å². The Hall–Kier alpha value is -2.05. The Morgan fingerprint density at radius 1 is 1.15 bits per heavy atom. The van der Waals surface area contributed by atoms with E-state index in [0.29, 0.717) is 13.1 Å². The van der Waals surface area contributed by atoms with Gasteiger partial charge in [0.1, 0.15) is 0 Å². The first-order valence-corrected chi connectivity index (χ1v) is 9.78. The van der Waals surface area contributed by atoms with Crippen molar-refractivity contribution in [3.05, 3.63) is 40.7 Å². The monoisotopic (exact) mass is 391 g/mol. The van der Waals surface area contributed by atoms with Crippen LogP contribution in [0.4, 0.5) is 10.5 Å². The standard InChI is InChI=1S/C19H22ClN3O2S/c1-13(24)23-11-9-16(10-12-23)22(2)19(25)21-15-5-3-14(4-6-15)17-7-8-18(20)26-17/h3-8,16H,9-12H2,1-2H3,(H,21,25). The van der Waals surface area contributed by atoms with Crippen molar-refractivity contribution in [1.29, 1.82) is 0 Å². The van der Waals surface area contributed by atoms with Crippen molar-refractivity contribution < 1.29 is 9.59 Å². The molecule has 7 heteroatoms. The molecule has 1 aliphatic rings. The van der Waals surface area contributed by atoms with Gasteiger partial charge in [0, 0.05) is 43.7 Å². The van der Waals surface area contributed by atoms with Crippen LogP contribution in [0.1, 0.15) is 19.8 Å². The summed E-state index contributed by atoms with van der Waals surface area (Å²) in [6.45, 7) is 3.00. The van der Waals surface area contributed by atoms with E-state index in [9.17, 15) is 9.59 Å². The number of hydrogen-bond donors (Lipinski definition) is 1. The molecule has 3 rings (SSSR count). The number of nitrogens with zero attached hydrogens (tertiary/aromatic N) is 2. The van der Waals surface area contributed by atoms with Crippen LogP contribution in [0.15, 0.2) is 36.4 Å². The Bertz CT molecular complexity index is 782. The molecule has 2 aromatic rings. The number of anilines is 1. The molecule has 0 spiro atoms. The third-order valence-electron chi connectivity index (χ3n) is 4.77. The second-order valence-corrected chi connectivity index (χ2v) is 8.17. The van der Waals surface area contributed by atoms with Crippen LogP contribution in [0.25, 0.3) is 10.4 Å². The van der Waals surface area contributed by atoms with Gasteiger partial charge >= 0.3 is 6.03 Å². The van der Waals surface area contributed by atoms with E-state index in [-0.39, 0.29) is 18.0 Å². The van der Waals surface area contributed by atoms with Gasteiger partial charge in [0.05, 0.1) is 4.34 Å². The lowest BCUT2D eigenvalue weighted by Gasteiger charge is -2.36. The van der Waals surface area contributed by atoms with E-state index in [4.69, 9.17) is 11.6 Å². The maximum absolute atomic E-state index is 12.5. The van der Waals surface area contributed by atoms with Gasteiger partial charge in [-0.05, 0) is 42.7 Å². The minimum Gasteiger partial charge on any atom is -0.343 e. The molecule has 1 aromatic carbocycles. The molecule has 3 amide bonds. The first-order valence-electron chi connectivity index (χ1n) is 8.59. The predicted molar refractivity (Wildman–Crippen MR) is 107 cm³/mol. The number of hydrogen-bond acceptors (Lipinski definition) is 3. The highest BCUT2D eigenvalue weighted by Gasteiger charge is 2.26. The molecular formula is C19H22ClN3O2S. The fraction of sp³-hybridized carbons (Fsp3) is 0.368. The molecule has 1 aliphatic heterocycles. The minimum atomic E-state index is -0.127. The molecule has 1 saturated heterocycles. The Morgan fingerprint density at radius 3 is 2.35 bits per heavy atom. The Morgan fingerprint density at radius 2 is 1.81 bits per heavy atom. The molecule has 26 heavy (non-hydrogen) atoms. The van der Waals surface area contributed by atoms with Crippen molar-refractivity contribution >= 4 is 40.6 Å². The van der Waals surface area contributed by atoms with E-state index in [2.05, 4.69) is 5.32 Å². The number of likely N-dealkylation sites (tertiary alicyclic amines) is 1. The van der Waals surface area contributed by atoms with Crippen LogP contribution in [0, 0.1) is 0 Å². The van der Waals surface area contributed by atoms with Crippen molar-refractivity contribution in [3.63, 3.8) is 0 Å². The van der Waals surface area contributed by atoms with Crippen molar-refractivity contribution in [2.24, 2.45) is 0 Å². The zero-order valence-electron chi connectivity index (χ0n) is 14.9. The number of rotatable bonds is 3. The Labute approximate surface area is 162 Å². The van der Waals surface area contributed by atoms with Gasteiger partial charge in [0.15, 0.2) is 0 Å². The highest BCUT2D eigenvalue weighted by molar-refractivity contribution is 7.19. The zero-order valence-corrected chi connectivity index (χ0v) is 16.4. The second kappa shape index (κ2) is 8.10. The number of amides is 3. The topological polar surface area (TPSA) is 52.7 Å². The summed E-state index contributed by atoms with van der Waals surface area (Å²) in [5.41, 5.74) is 1.83. The zero-order chi connectivity index (χ0) is 18.7. The highest BCUT2D eigenvalue weighted by atomic mass is 35.5. The van der Waals surface area contributed by atoms with E-state index in [1.165, 1.54) is 11.3 Å². The normalized spacial score (nSPS) is 15.0. The summed E-state index contributed by atoms with van der Waals surface area (Å²) >= 11 is 7.51. The van der Waals surface area contributed by atoms with Gasteiger partial charge in [-0.2, -0.15) is 0 Å². The van der Waals surface area contributed by atoms with Crippen molar-refractivity contribution in [2.75, 3.05) is 25.5 Å². The number of carbonyl (C=O) groups excluding carboxylic acids is 2. The summed E-state index contributed by atoms with van der Waals surface area (Å²) in [4.78, 5) is 28.6. The number of carbonyl (C=O) groups is 2. The summed E-state index contributed by atoms with van der Waals surface area (Å²) in [5, 5.41) is 2.94. The van der Waals surface area contributed by atoms with E-state index in [1.807, 2.05) is 48.3 Å². The quantitative estimate of drug-likeness (QED) is 0.834. The fourth-order valence-corrected chi connectivity index (χ4v) is 4.18. The van der Waals surface area contributed by atoms with Gasteiger partial charge < -0.3 is 15.1 Å². The number of nitrogens with one attached hydrogen (secondary N) is 1. The van der Waals surface area contributed by atoms with Crippen LogP contribution < -0.4 is 5.32 Å². The summed E-state index contributed by atoms with van der Waals surface area (Å²) in [6, 6.07) is 11.6. The SMILES string of the molecule is CC(=O)N1CCC(N(C)C(=O)Nc2ccc(-c3ccc(Cl)s3)cc2)CC1.